The molecule has 0 bridgehead atoms. The summed E-state index contributed by atoms with van der Waals surface area (Å²) in [7, 11) is 0. The Kier molecular flexibility index (Phi) is 4.53. The van der Waals surface area contributed by atoms with Gasteiger partial charge < -0.3 is 9.73 Å². The van der Waals surface area contributed by atoms with Crippen LogP contribution < -0.4 is 5.32 Å². The Morgan fingerprint density at radius 1 is 1.22 bits per heavy atom. The highest BCUT2D eigenvalue weighted by atomic mass is 16.3. The predicted octanol–water partition coefficient (Wildman–Crippen LogP) is 3.55. The van der Waals surface area contributed by atoms with Gasteiger partial charge in [-0.05, 0) is 17.9 Å². The molecule has 2 aromatic rings. The van der Waals surface area contributed by atoms with Gasteiger partial charge in [0.05, 0.1) is 12.7 Å². The fraction of sp³-hybridized carbons (Fsp3) is 0.400. The molecular formula is C15H20N2O. The van der Waals surface area contributed by atoms with Gasteiger partial charge in [0.15, 0.2) is 6.39 Å². The lowest BCUT2D eigenvalue weighted by Gasteiger charge is -2.20. The normalized spacial score (nSPS) is 12.8. The smallest absolute Gasteiger partial charge is 0.180 e. The Labute approximate surface area is 108 Å². The van der Waals surface area contributed by atoms with E-state index in [-0.39, 0.29) is 0 Å². The van der Waals surface area contributed by atoms with Crippen LogP contribution in [-0.2, 0) is 6.54 Å². The van der Waals surface area contributed by atoms with E-state index in [9.17, 15) is 0 Å². The van der Waals surface area contributed by atoms with E-state index in [1.165, 1.54) is 12.0 Å². The highest BCUT2D eigenvalue weighted by Gasteiger charge is 2.13. The summed E-state index contributed by atoms with van der Waals surface area (Å²) in [5.74, 6) is 1.53. The quantitative estimate of drug-likeness (QED) is 0.844. The summed E-state index contributed by atoms with van der Waals surface area (Å²) in [5.41, 5.74) is 1.32. The van der Waals surface area contributed by atoms with E-state index in [1.54, 1.807) is 6.20 Å². The summed E-state index contributed by atoms with van der Waals surface area (Å²) in [4.78, 5) is 3.93. The van der Waals surface area contributed by atoms with Crippen LogP contribution in [0, 0.1) is 5.92 Å². The van der Waals surface area contributed by atoms with Crippen molar-refractivity contribution in [2.24, 2.45) is 5.92 Å². The van der Waals surface area contributed by atoms with E-state index in [0.717, 1.165) is 12.2 Å². The van der Waals surface area contributed by atoms with Gasteiger partial charge in [-0.1, -0.05) is 44.2 Å². The minimum atomic E-state index is 0.358. The second kappa shape index (κ2) is 6.36. The molecule has 1 atom stereocenters. The first-order valence-corrected chi connectivity index (χ1v) is 6.41. The van der Waals surface area contributed by atoms with E-state index >= 15 is 0 Å². The molecule has 1 aromatic carbocycles. The number of nitrogens with one attached hydrogen (secondary N) is 1. The molecule has 18 heavy (non-hydrogen) atoms. The van der Waals surface area contributed by atoms with Crippen LogP contribution >= 0.6 is 0 Å². The predicted molar refractivity (Wildman–Crippen MR) is 72.0 cm³/mol. The number of benzene rings is 1. The van der Waals surface area contributed by atoms with Crippen molar-refractivity contribution in [3.05, 3.63) is 54.2 Å². The van der Waals surface area contributed by atoms with E-state index in [4.69, 9.17) is 4.42 Å². The molecule has 0 aliphatic heterocycles. The molecule has 0 saturated carbocycles. The van der Waals surface area contributed by atoms with Gasteiger partial charge in [0, 0.05) is 6.04 Å². The molecule has 1 N–H and O–H groups in total. The molecule has 1 unspecified atom stereocenters. The van der Waals surface area contributed by atoms with Crippen LogP contribution in [0.5, 0.6) is 0 Å². The molecule has 3 heteroatoms. The lowest BCUT2D eigenvalue weighted by atomic mass is 9.97. The molecule has 0 amide bonds. The number of rotatable bonds is 6. The second-order valence-corrected chi connectivity index (χ2v) is 4.94. The zero-order chi connectivity index (χ0) is 12.8. The first-order valence-electron chi connectivity index (χ1n) is 6.41. The summed E-state index contributed by atoms with van der Waals surface area (Å²) >= 11 is 0. The Balaban J connectivity index is 2.01. The maximum absolute atomic E-state index is 5.25. The molecule has 0 aliphatic rings. The zero-order valence-electron chi connectivity index (χ0n) is 11.0. The number of hydrogen-bond acceptors (Lipinski definition) is 3. The van der Waals surface area contributed by atoms with E-state index < -0.39 is 0 Å². The average Bonchev–Trinajstić information content (AvgIpc) is 2.88. The van der Waals surface area contributed by atoms with Crippen molar-refractivity contribution < 1.29 is 4.42 Å². The largest absolute Gasteiger partial charge is 0.447 e. The third kappa shape index (κ3) is 3.70. The van der Waals surface area contributed by atoms with Crippen LogP contribution in [0.4, 0.5) is 0 Å². The lowest BCUT2D eigenvalue weighted by molar-refractivity contribution is 0.399. The number of nitrogens with zero attached hydrogens (tertiary/aromatic N) is 1. The molecule has 0 radical (unpaired) electrons. The van der Waals surface area contributed by atoms with E-state index in [2.05, 4.69) is 48.4 Å². The summed E-state index contributed by atoms with van der Waals surface area (Å²) in [5, 5.41) is 3.54. The Hall–Kier alpha value is -1.61. The standard InChI is InChI=1S/C15H20N2O/c1-12(2)8-15(13-6-4-3-5-7-13)17-10-14-9-16-11-18-14/h3-7,9,11-12,15,17H,8,10H2,1-2H3. The van der Waals surface area contributed by atoms with Crippen molar-refractivity contribution in [2.75, 3.05) is 0 Å². The summed E-state index contributed by atoms with van der Waals surface area (Å²) < 4.78 is 5.25. The van der Waals surface area contributed by atoms with Crippen molar-refractivity contribution in [3.8, 4) is 0 Å². The molecule has 1 aromatic heterocycles. The molecule has 96 valence electrons. The highest BCUT2D eigenvalue weighted by molar-refractivity contribution is 5.19. The van der Waals surface area contributed by atoms with Crippen molar-refractivity contribution in [1.82, 2.24) is 10.3 Å². The number of hydrogen-bond donors (Lipinski definition) is 1. The van der Waals surface area contributed by atoms with Crippen molar-refractivity contribution in [1.29, 1.82) is 0 Å². The van der Waals surface area contributed by atoms with E-state index in [1.807, 2.05) is 6.07 Å². The van der Waals surface area contributed by atoms with Gasteiger partial charge in [0.2, 0.25) is 0 Å². The average molecular weight is 244 g/mol. The zero-order valence-corrected chi connectivity index (χ0v) is 11.0. The second-order valence-electron chi connectivity index (χ2n) is 4.94. The molecule has 0 aliphatic carbocycles. The SMILES string of the molecule is CC(C)CC(NCc1cnco1)c1ccccc1. The van der Waals surface area contributed by atoms with Gasteiger partial charge in [0.1, 0.15) is 5.76 Å². The maximum atomic E-state index is 5.25. The molecular weight excluding hydrogens is 224 g/mol. The monoisotopic (exact) mass is 244 g/mol. The lowest BCUT2D eigenvalue weighted by Crippen LogP contribution is -2.22. The van der Waals surface area contributed by atoms with Crippen LogP contribution in [0.2, 0.25) is 0 Å². The van der Waals surface area contributed by atoms with Gasteiger partial charge in [-0.15, -0.1) is 0 Å². The number of aromatic nitrogens is 1. The number of oxazole rings is 1. The molecule has 3 nitrogen and oxygen atoms in total. The summed E-state index contributed by atoms with van der Waals surface area (Å²) in [6.45, 7) is 5.20. The maximum Gasteiger partial charge on any atom is 0.180 e. The van der Waals surface area contributed by atoms with Gasteiger partial charge in [-0.2, -0.15) is 0 Å². The fourth-order valence-corrected chi connectivity index (χ4v) is 2.05. The van der Waals surface area contributed by atoms with Crippen LogP contribution in [0.1, 0.15) is 37.6 Å². The van der Waals surface area contributed by atoms with Crippen molar-refractivity contribution >= 4 is 0 Å². The molecule has 0 spiro atoms. The molecule has 0 fully saturated rings. The molecule has 0 saturated heterocycles. The third-order valence-electron chi connectivity index (χ3n) is 2.92. The minimum Gasteiger partial charge on any atom is -0.447 e. The summed E-state index contributed by atoms with van der Waals surface area (Å²) in [6, 6.07) is 10.9. The first-order chi connectivity index (χ1) is 8.75. The topological polar surface area (TPSA) is 38.1 Å². The summed E-state index contributed by atoms with van der Waals surface area (Å²) in [6.07, 6.45) is 4.33. The van der Waals surface area contributed by atoms with Gasteiger partial charge in [-0.25, -0.2) is 4.98 Å². The van der Waals surface area contributed by atoms with Gasteiger partial charge >= 0.3 is 0 Å². The first kappa shape index (κ1) is 12.8. The van der Waals surface area contributed by atoms with Crippen molar-refractivity contribution in [3.63, 3.8) is 0 Å². The van der Waals surface area contributed by atoms with Crippen LogP contribution in [-0.4, -0.2) is 4.98 Å². The molecule has 1 heterocycles. The van der Waals surface area contributed by atoms with Crippen molar-refractivity contribution in [2.45, 2.75) is 32.9 Å². The minimum absolute atomic E-state index is 0.358. The van der Waals surface area contributed by atoms with E-state index in [0.29, 0.717) is 18.5 Å². The Bertz CT molecular complexity index is 437. The van der Waals surface area contributed by atoms with Gasteiger partial charge in [0.25, 0.3) is 0 Å². The van der Waals surface area contributed by atoms with Crippen LogP contribution in [0.3, 0.4) is 0 Å². The fourth-order valence-electron chi connectivity index (χ4n) is 2.05. The van der Waals surface area contributed by atoms with Crippen LogP contribution in [0.25, 0.3) is 0 Å². The Morgan fingerprint density at radius 2 is 2.00 bits per heavy atom. The molecule has 2 rings (SSSR count). The highest BCUT2D eigenvalue weighted by Crippen LogP contribution is 2.21. The van der Waals surface area contributed by atoms with Crippen LogP contribution in [0.15, 0.2) is 47.3 Å². The Morgan fingerprint density at radius 3 is 2.61 bits per heavy atom. The third-order valence-corrected chi connectivity index (χ3v) is 2.92. The van der Waals surface area contributed by atoms with Gasteiger partial charge in [-0.3, -0.25) is 0 Å².